The minimum Gasteiger partial charge on any atom is -0.377 e. The van der Waals surface area contributed by atoms with Crippen LogP contribution in [-0.4, -0.2) is 14.9 Å². The van der Waals surface area contributed by atoms with E-state index in [-0.39, 0.29) is 17.7 Å². The first-order valence-electron chi connectivity index (χ1n) is 24.3. The molecule has 68 heavy (non-hydrogen) atoms. The van der Waals surface area contributed by atoms with Crippen LogP contribution in [0.15, 0.2) is 196 Å². The maximum absolute atomic E-state index is 2.80. The van der Waals surface area contributed by atoms with Gasteiger partial charge in [0, 0.05) is 47.7 Å². The minimum atomic E-state index is -2.80. The van der Waals surface area contributed by atoms with Crippen molar-refractivity contribution in [2.45, 2.75) is 84.8 Å². The second kappa shape index (κ2) is 14.4. The molecule has 4 aliphatic heterocycles. The highest BCUT2D eigenvalue weighted by molar-refractivity contribution is 8.05. The van der Waals surface area contributed by atoms with Gasteiger partial charge in [-0.3, -0.25) is 0 Å². The van der Waals surface area contributed by atoms with E-state index in [1.54, 1.807) is 0 Å². The van der Waals surface area contributed by atoms with Crippen LogP contribution in [-0.2, 0) is 10.8 Å². The first-order chi connectivity index (χ1) is 33.0. The predicted octanol–water partition coefficient (Wildman–Crippen LogP) is 12.8. The average molecular weight is 927 g/mol. The fraction of sp³-hybridized carbons (Fsp3) is 0.161. The Hall–Kier alpha value is -6.18. The molecule has 0 saturated carbocycles. The van der Waals surface area contributed by atoms with Gasteiger partial charge in [-0.2, -0.15) is 0 Å². The summed E-state index contributed by atoms with van der Waals surface area (Å²) in [5.74, 6) is 0. The summed E-state index contributed by atoms with van der Waals surface area (Å²) in [6, 6.07) is 68.7. The lowest BCUT2D eigenvalue weighted by Gasteiger charge is -2.49. The van der Waals surface area contributed by atoms with Crippen LogP contribution in [0.25, 0.3) is 21.9 Å². The van der Waals surface area contributed by atoms with Crippen LogP contribution in [0.3, 0.4) is 0 Å². The van der Waals surface area contributed by atoms with Gasteiger partial charge in [0.2, 0.25) is 0 Å². The number of hydrogen-bond acceptors (Lipinski definition) is 4. The minimum absolute atomic E-state index is 0.0537. The van der Waals surface area contributed by atoms with Crippen molar-refractivity contribution in [2.24, 2.45) is 0 Å². The molecule has 0 amide bonds. The summed E-state index contributed by atoms with van der Waals surface area (Å²) < 4.78 is 0. The molecule has 0 unspecified atom stereocenters. The molecule has 2 nitrogen and oxygen atoms in total. The van der Waals surface area contributed by atoms with Gasteiger partial charge in [-0.25, -0.2) is 0 Å². The summed E-state index contributed by atoms with van der Waals surface area (Å²) in [5.41, 5.74) is 17.7. The Balaban J connectivity index is 1.10. The number of para-hydroxylation sites is 2. The molecule has 9 aromatic rings. The van der Waals surface area contributed by atoms with Crippen LogP contribution in [0.4, 0.5) is 28.4 Å². The van der Waals surface area contributed by atoms with Gasteiger partial charge in [0.15, 0.2) is 8.07 Å². The highest BCUT2D eigenvalue weighted by atomic mass is 32.2. The number of anilines is 5. The van der Waals surface area contributed by atoms with E-state index in [0.717, 1.165) is 0 Å². The molecule has 0 bridgehead atoms. The van der Waals surface area contributed by atoms with Gasteiger partial charge in [0.25, 0.3) is 0 Å². The lowest BCUT2D eigenvalue weighted by atomic mass is 9.46. The molecule has 0 radical (unpaired) electrons. The van der Waals surface area contributed by atoms with E-state index in [9.17, 15) is 0 Å². The van der Waals surface area contributed by atoms with Crippen LogP contribution in [0.1, 0.15) is 62.8 Å². The van der Waals surface area contributed by atoms with Crippen LogP contribution in [0, 0.1) is 13.8 Å². The van der Waals surface area contributed by atoms with Crippen LogP contribution < -0.4 is 41.4 Å². The molecular weight excluding hydrogens is 876 g/mol. The molecule has 14 rings (SSSR count). The molecule has 0 N–H and O–H groups in total. The zero-order valence-electron chi connectivity index (χ0n) is 39.4. The normalized spacial score (nSPS) is 17.0. The third kappa shape index (κ3) is 5.45. The van der Waals surface area contributed by atoms with E-state index in [0.29, 0.717) is 0 Å². The molecule has 6 heteroatoms. The lowest BCUT2D eigenvalue weighted by molar-refractivity contribution is 0.332. The van der Waals surface area contributed by atoms with Gasteiger partial charge >= 0.3 is 6.85 Å². The first kappa shape index (κ1) is 40.9. The molecule has 0 saturated heterocycles. The third-order valence-corrected chi connectivity index (χ3v) is 23.9. The summed E-state index contributed by atoms with van der Waals surface area (Å²) in [7, 11) is -2.80. The average Bonchev–Trinajstić information content (AvgIpc) is 3.65. The fourth-order valence-corrected chi connectivity index (χ4v) is 21.0. The zero-order valence-corrected chi connectivity index (χ0v) is 42.1. The van der Waals surface area contributed by atoms with Crippen LogP contribution in [0.5, 0.6) is 0 Å². The van der Waals surface area contributed by atoms with E-state index in [2.05, 4.69) is 227 Å². The molecule has 328 valence electrons. The Labute approximate surface area is 410 Å². The maximum Gasteiger partial charge on any atom is 0.332 e. The van der Waals surface area contributed by atoms with E-state index >= 15 is 0 Å². The molecule has 0 aromatic heterocycles. The van der Waals surface area contributed by atoms with Gasteiger partial charge in [0.1, 0.15) is 0 Å². The smallest absolute Gasteiger partial charge is 0.332 e. The number of hydrogen-bond donors (Lipinski definition) is 0. The van der Waals surface area contributed by atoms with Gasteiger partial charge in [0.05, 0.1) is 5.69 Å². The number of benzene rings is 9. The fourth-order valence-electron chi connectivity index (χ4n) is 13.1. The van der Waals surface area contributed by atoms with Gasteiger partial charge in [-0.15, -0.1) is 0 Å². The zero-order chi connectivity index (χ0) is 45.8. The van der Waals surface area contributed by atoms with Gasteiger partial charge in [-0.1, -0.05) is 191 Å². The van der Waals surface area contributed by atoms with Crippen molar-refractivity contribution in [2.75, 3.05) is 9.71 Å². The summed E-state index contributed by atoms with van der Waals surface area (Å²) in [5, 5.41) is 8.48. The lowest BCUT2D eigenvalue weighted by Crippen LogP contribution is -2.77. The molecule has 1 spiro atoms. The topological polar surface area (TPSA) is 6.48 Å². The Bertz CT molecular complexity index is 3620. The highest BCUT2D eigenvalue weighted by Crippen LogP contribution is 2.54. The van der Waals surface area contributed by atoms with Crippen molar-refractivity contribution in [3.63, 3.8) is 0 Å². The molecule has 0 fully saturated rings. The molecule has 1 aliphatic carbocycles. The molecule has 4 heterocycles. The highest BCUT2D eigenvalue weighted by Gasteiger charge is 2.56. The number of fused-ring (bicyclic) bond motifs is 16. The van der Waals surface area contributed by atoms with E-state index < -0.39 is 8.07 Å². The van der Waals surface area contributed by atoms with Crippen molar-refractivity contribution in [3.8, 4) is 11.1 Å². The van der Waals surface area contributed by atoms with Gasteiger partial charge in [-0.05, 0) is 144 Å². The number of aryl methyl sites for hydroxylation is 2. The molecule has 0 atom stereocenters. The monoisotopic (exact) mass is 926 g/mol. The Morgan fingerprint density at radius 1 is 0.456 bits per heavy atom. The molecular formula is C62H51BN2S2Si. The van der Waals surface area contributed by atoms with Crippen molar-refractivity contribution in [1.29, 1.82) is 0 Å². The second-order valence-corrected chi connectivity index (χ2v) is 26.9. The van der Waals surface area contributed by atoms with E-state index in [1.807, 2.05) is 23.5 Å². The Morgan fingerprint density at radius 3 is 1.76 bits per heavy atom. The van der Waals surface area contributed by atoms with E-state index in [4.69, 9.17) is 0 Å². The second-order valence-electron chi connectivity index (χ2n) is 21.1. The largest absolute Gasteiger partial charge is 0.377 e. The molecule has 5 aliphatic rings. The molecule has 9 aromatic carbocycles. The quantitative estimate of drug-likeness (QED) is 0.159. The summed E-state index contributed by atoms with van der Waals surface area (Å²) in [6.07, 6.45) is 2.36. The summed E-state index contributed by atoms with van der Waals surface area (Å²) >= 11 is 3.85. The Kier molecular flexibility index (Phi) is 8.67. The first-order valence-corrected chi connectivity index (χ1v) is 28.0. The maximum atomic E-state index is 2.80. The summed E-state index contributed by atoms with van der Waals surface area (Å²) in [4.78, 5) is 10.8. The van der Waals surface area contributed by atoms with E-state index in [1.165, 1.54) is 137 Å². The van der Waals surface area contributed by atoms with Crippen molar-refractivity contribution in [3.05, 3.63) is 198 Å². The van der Waals surface area contributed by atoms with Crippen molar-refractivity contribution < 1.29 is 0 Å². The van der Waals surface area contributed by atoms with Crippen molar-refractivity contribution >= 4 is 109 Å². The Morgan fingerprint density at radius 2 is 1.04 bits per heavy atom. The third-order valence-electron chi connectivity index (χ3n) is 16.4. The summed E-state index contributed by atoms with van der Waals surface area (Å²) in [6.45, 7) is 14.4. The van der Waals surface area contributed by atoms with Crippen LogP contribution >= 0.6 is 23.5 Å². The standard InChI is InChI=1S/C62H51BN2S2Si/c1-38-18-17-29-58-59(38)65(48-23-11-16-28-57(48)68(58)55-26-14-9-21-42(55)43-22-10-15-27-56(43)68)63-46-31-30-40-19-7-8-20-41(40)60(46)64(49-35-45-44(34-39(49)2)61(3,4)32-33-62(45,5)6)50-37-54-53(36-47(50)63)66-51-24-12-13-25-52(51)67-54/h7-31,34-37H,32-33H2,1-6H3. The van der Waals surface area contributed by atoms with Crippen LogP contribution in [0.2, 0.25) is 0 Å². The predicted molar refractivity (Wildman–Crippen MR) is 294 cm³/mol. The van der Waals surface area contributed by atoms with Gasteiger partial charge < -0.3 is 9.71 Å². The number of nitrogens with zero attached hydrogens (tertiary/aromatic N) is 2. The SMILES string of the molecule is Cc1cc2c(cc1N1c3cc4c(cc3B(N3c5ccccc5[Si]5(c6ccccc6-c6ccccc65)c5cccc(C)c53)c3ccc5ccccc5c31)Sc1ccccc1S4)C(C)(C)CCC2(C)C. The van der Waals surface area contributed by atoms with Crippen molar-refractivity contribution in [1.82, 2.24) is 0 Å². The number of rotatable bonds is 2.